The van der Waals surface area contributed by atoms with E-state index in [0.717, 1.165) is 17.3 Å². The number of aromatic nitrogens is 1. The molecule has 23 heavy (non-hydrogen) atoms. The molecule has 4 nitrogen and oxygen atoms in total. The van der Waals surface area contributed by atoms with Gasteiger partial charge in [0.15, 0.2) is 15.6 Å². The maximum Gasteiger partial charge on any atom is 0.166 e. The van der Waals surface area contributed by atoms with Crippen LogP contribution in [-0.4, -0.2) is 29.7 Å². The predicted molar refractivity (Wildman–Crippen MR) is 89.1 cm³/mol. The Morgan fingerprint density at radius 3 is 2.57 bits per heavy atom. The van der Waals surface area contributed by atoms with Crippen molar-refractivity contribution in [3.63, 3.8) is 0 Å². The molecule has 4 rings (SSSR count). The minimum Gasteiger partial charge on any atom is -0.294 e. The second-order valence-electron chi connectivity index (χ2n) is 6.71. The summed E-state index contributed by atoms with van der Waals surface area (Å²) in [7, 11) is -3.01. The van der Waals surface area contributed by atoms with Gasteiger partial charge in [0.25, 0.3) is 0 Å². The number of nitrogens with zero attached hydrogens (tertiary/aromatic N) is 1. The SMILES string of the molecule is O=C(c1ccc2ncccc2c1)C1CC2CCCC(C1)S2(=O)=O. The lowest BCUT2D eigenvalue weighted by atomic mass is 9.84. The number of rotatable bonds is 2. The minimum atomic E-state index is -3.01. The molecule has 2 aliphatic heterocycles. The fourth-order valence-electron chi connectivity index (χ4n) is 4.09. The number of sulfone groups is 1. The molecule has 2 atom stereocenters. The molecule has 5 heteroatoms. The average Bonchev–Trinajstić information content (AvgIpc) is 2.53. The fraction of sp³-hybridized carbons (Fsp3) is 0.444. The number of carbonyl (C=O) groups is 1. The van der Waals surface area contributed by atoms with Crippen molar-refractivity contribution in [2.45, 2.75) is 42.6 Å². The summed E-state index contributed by atoms with van der Waals surface area (Å²) in [5.41, 5.74) is 1.54. The molecule has 120 valence electrons. The molecule has 2 unspecified atom stereocenters. The summed E-state index contributed by atoms with van der Waals surface area (Å²) >= 11 is 0. The molecule has 2 aliphatic rings. The van der Waals surface area contributed by atoms with Gasteiger partial charge in [-0.15, -0.1) is 0 Å². The minimum absolute atomic E-state index is 0.0857. The first-order valence-electron chi connectivity index (χ1n) is 8.17. The van der Waals surface area contributed by atoms with Crippen LogP contribution < -0.4 is 0 Å². The Hall–Kier alpha value is -1.75. The van der Waals surface area contributed by atoms with Gasteiger partial charge in [-0.25, -0.2) is 8.42 Å². The molecule has 1 aromatic heterocycles. The molecule has 0 saturated carbocycles. The van der Waals surface area contributed by atoms with E-state index in [9.17, 15) is 13.2 Å². The fourth-order valence-corrected chi connectivity index (χ4v) is 6.62. The summed E-state index contributed by atoms with van der Waals surface area (Å²) in [4.78, 5) is 17.1. The number of fused-ring (bicyclic) bond motifs is 3. The lowest BCUT2D eigenvalue weighted by Gasteiger charge is -2.38. The normalized spacial score (nSPS) is 29.3. The summed E-state index contributed by atoms with van der Waals surface area (Å²) in [6.07, 6.45) is 5.11. The van der Waals surface area contributed by atoms with E-state index in [1.54, 1.807) is 6.20 Å². The van der Waals surface area contributed by atoms with Crippen molar-refractivity contribution in [3.8, 4) is 0 Å². The van der Waals surface area contributed by atoms with Crippen LogP contribution in [0.2, 0.25) is 0 Å². The topological polar surface area (TPSA) is 64.1 Å². The highest BCUT2D eigenvalue weighted by molar-refractivity contribution is 7.92. The molecular formula is C18H19NO3S. The molecule has 2 saturated heterocycles. The summed E-state index contributed by atoms with van der Waals surface area (Å²) < 4.78 is 24.7. The molecule has 3 heterocycles. The smallest absolute Gasteiger partial charge is 0.166 e. The van der Waals surface area contributed by atoms with Gasteiger partial charge in [0.2, 0.25) is 0 Å². The monoisotopic (exact) mass is 329 g/mol. The van der Waals surface area contributed by atoms with Crippen LogP contribution in [-0.2, 0) is 9.84 Å². The Bertz CT molecular complexity index is 855. The first kappa shape index (κ1) is 14.8. The van der Waals surface area contributed by atoms with Crippen LogP contribution in [0.4, 0.5) is 0 Å². The van der Waals surface area contributed by atoms with Gasteiger partial charge >= 0.3 is 0 Å². The van der Waals surface area contributed by atoms with Gasteiger partial charge in [-0.05, 0) is 49.9 Å². The number of Topliss-reactive ketones (excluding diaryl/α,β-unsaturated/α-hetero) is 1. The van der Waals surface area contributed by atoms with Gasteiger partial charge in [-0.3, -0.25) is 9.78 Å². The molecule has 1 aromatic carbocycles. The second kappa shape index (κ2) is 5.41. The summed E-state index contributed by atoms with van der Waals surface area (Å²) in [6.45, 7) is 0. The van der Waals surface area contributed by atoms with E-state index in [4.69, 9.17) is 0 Å². The highest BCUT2D eigenvalue weighted by atomic mass is 32.2. The second-order valence-corrected chi connectivity index (χ2v) is 9.22. The average molecular weight is 329 g/mol. The number of pyridine rings is 1. The number of carbonyl (C=O) groups excluding carboxylic acids is 1. The van der Waals surface area contributed by atoms with Crippen LogP contribution in [0.1, 0.15) is 42.5 Å². The standard InChI is InChI=1S/C18H19NO3S/c20-18(13-6-7-17-12(9-13)3-2-8-19-17)14-10-15-4-1-5-16(11-14)23(15,21)22/h2-3,6-9,14-16H,1,4-5,10-11H2. The van der Waals surface area contributed by atoms with Crippen molar-refractivity contribution in [2.24, 2.45) is 5.92 Å². The van der Waals surface area contributed by atoms with Gasteiger partial charge in [-0.2, -0.15) is 0 Å². The van der Waals surface area contributed by atoms with Crippen molar-refractivity contribution in [3.05, 3.63) is 42.1 Å². The van der Waals surface area contributed by atoms with Crippen LogP contribution in [0.25, 0.3) is 10.9 Å². The number of ketones is 1. The summed E-state index contributed by atoms with van der Waals surface area (Å²) in [6, 6.07) is 9.36. The maximum absolute atomic E-state index is 12.9. The van der Waals surface area contributed by atoms with E-state index in [1.165, 1.54) is 0 Å². The molecule has 2 fully saturated rings. The van der Waals surface area contributed by atoms with E-state index in [-0.39, 0.29) is 22.2 Å². The van der Waals surface area contributed by atoms with Gasteiger partial charge in [0.05, 0.1) is 16.0 Å². The zero-order chi connectivity index (χ0) is 16.0. The highest BCUT2D eigenvalue weighted by Crippen LogP contribution is 2.40. The zero-order valence-electron chi connectivity index (χ0n) is 12.8. The third kappa shape index (κ3) is 2.47. The molecule has 0 aliphatic carbocycles. The molecular weight excluding hydrogens is 310 g/mol. The lowest BCUT2D eigenvalue weighted by Crippen LogP contribution is -2.45. The Morgan fingerprint density at radius 1 is 1.09 bits per heavy atom. The number of hydrogen-bond donors (Lipinski definition) is 0. The third-order valence-electron chi connectivity index (χ3n) is 5.33. The van der Waals surface area contributed by atoms with E-state index >= 15 is 0 Å². The highest BCUT2D eigenvalue weighted by Gasteiger charge is 2.46. The molecule has 0 amide bonds. The first-order valence-corrected chi connectivity index (χ1v) is 9.78. The Balaban J connectivity index is 1.64. The molecule has 2 bridgehead atoms. The summed E-state index contributed by atoms with van der Waals surface area (Å²) in [5, 5.41) is 0.319. The van der Waals surface area contributed by atoms with Crippen molar-refractivity contribution < 1.29 is 13.2 Å². The van der Waals surface area contributed by atoms with Crippen LogP contribution in [0.15, 0.2) is 36.5 Å². The Labute approximate surface area is 135 Å². The van der Waals surface area contributed by atoms with Crippen molar-refractivity contribution in [1.82, 2.24) is 4.98 Å². The van der Waals surface area contributed by atoms with E-state index in [2.05, 4.69) is 4.98 Å². The molecule has 0 N–H and O–H groups in total. The lowest BCUT2D eigenvalue weighted by molar-refractivity contribution is 0.0894. The van der Waals surface area contributed by atoms with Gasteiger partial charge in [-0.1, -0.05) is 12.5 Å². The molecule has 2 aromatic rings. The Morgan fingerprint density at radius 2 is 1.83 bits per heavy atom. The molecule has 0 spiro atoms. The Kier molecular flexibility index (Phi) is 3.48. The quantitative estimate of drug-likeness (QED) is 0.794. The number of benzene rings is 1. The van der Waals surface area contributed by atoms with E-state index in [1.807, 2.05) is 30.3 Å². The van der Waals surface area contributed by atoms with Gasteiger partial charge in [0, 0.05) is 23.1 Å². The van der Waals surface area contributed by atoms with Crippen LogP contribution in [0, 0.1) is 5.92 Å². The first-order chi connectivity index (χ1) is 11.1. The van der Waals surface area contributed by atoms with E-state index < -0.39 is 9.84 Å². The summed E-state index contributed by atoms with van der Waals surface area (Å²) in [5.74, 6) is -0.0782. The molecule has 0 radical (unpaired) electrons. The number of hydrogen-bond acceptors (Lipinski definition) is 4. The van der Waals surface area contributed by atoms with Crippen LogP contribution in [0.5, 0.6) is 0 Å². The largest absolute Gasteiger partial charge is 0.294 e. The van der Waals surface area contributed by atoms with Gasteiger partial charge in [0.1, 0.15) is 0 Å². The van der Waals surface area contributed by atoms with Crippen LogP contribution in [0.3, 0.4) is 0 Å². The van der Waals surface area contributed by atoms with Gasteiger partial charge < -0.3 is 0 Å². The van der Waals surface area contributed by atoms with Crippen molar-refractivity contribution in [1.29, 1.82) is 0 Å². The maximum atomic E-state index is 12.9. The van der Waals surface area contributed by atoms with Crippen LogP contribution >= 0.6 is 0 Å². The van der Waals surface area contributed by atoms with E-state index in [0.29, 0.717) is 31.2 Å². The zero-order valence-corrected chi connectivity index (χ0v) is 13.6. The predicted octanol–water partition coefficient (Wildman–Crippen LogP) is 3.16. The van der Waals surface area contributed by atoms with Crippen molar-refractivity contribution >= 4 is 26.5 Å². The third-order valence-corrected chi connectivity index (χ3v) is 8.05. The van der Waals surface area contributed by atoms with Crippen molar-refractivity contribution in [2.75, 3.05) is 0 Å².